The maximum Gasteiger partial charge on any atom is 0.158 e. The van der Waals surface area contributed by atoms with Crippen LogP contribution in [-0.4, -0.2) is 16.8 Å². The third-order valence-electron chi connectivity index (χ3n) is 4.33. The third-order valence-corrected chi connectivity index (χ3v) is 5.68. The number of carbonyl (C=O) groups excluding carboxylic acids is 1. The van der Waals surface area contributed by atoms with E-state index in [0.29, 0.717) is 16.5 Å². The number of thioether (sulfide) groups is 1. The minimum Gasteiger partial charge on any atom is -0.341 e. The van der Waals surface area contributed by atoms with E-state index in [1.807, 2.05) is 59.6 Å². The first-order valence-corrected chi connectivity index (χ1v) is 9.66. The van der Waals surface area contributed by atoms with Crippen molar-refractivity contribution < 1.29 is 4.79 Å². The smallest absolute Gasteiger partial charge is 0.158 e. The van der Waals surface area contributed by atoms with Crippen LogP contribution in [0.3, 0.4) is 0 Å². The number of aromatic nitrogens is 1. The Morgan fingerprint density at radius 3 is 2.81 bits per heavy atom. The van der Waals surface area contributed by atoms with Crippen molar-refractivity contribution in [3.05, 3.63) is 76.4 Å². The molecule has 1 aliphatic rings. The molecule has 0 spiro atoms. The summed E-state index contributed by atoms with van der Waals surface area (Å²) in [6.07, 6.45) is 4.46. The molecule has 7 heteroatoms. The Kier molecular flexibility index (Phi) is 5.03. The molecular formula is C20H17ClN4OS. The predicted octanol–water partition coefficient (Wildman–Crippen LogP) is 4.34. The first-order valence-electron chi connectivity index (χ1n) is 8.40. The number of para-hydroxylation sites is 1. The fourth-order valence-electron chi connectivity index (χ4n) is 3.06. The summed E-state index contributed by atoms with van der Waals surface area (Å²) in [5.41, 5.74) is 7.34. The van der Waals surface area contributed by atoms with Crippen LogP contribution in [0.25, 0.3) is 10.8 Å². The van der Waals surface area contributed by atoms with E-state index < -0.39 is 0 Å². The zero-order chi connectivity index (χ0) is 18.8. The third kappa shape index (κ3) is 3.51. The Bertz CT molecular complexity index is 1040. The van der Waals surface area contributed by atoms with E-state index >= 15 is 0 Å². The number of nitrogens with two attached hydrogens (primary N) is 1. The van der Waals surface area contributed by atoms with Crippen molar-refractivity contribution in [3.8, 4) is 0 Å². The summed E-state index contributed by atoms with van der Waals surface area (Å²) in [4.78, 5) is 18.4. The number of nitrogens with one attached hydrogen (secondary N) is 1. The van der Waals surface area contributed by atoms with E-state index in [0.717, 1.165) is 34.1 Å². The second kappa shape index (κ2) is 7.60. The summed E-state index contributed by atoms with van der Waals surface area (Å²) in [5, 5.41) is 6.14. The average Bonchev–Trinajstić information content (AvgIpc) is 3.10. The van der Waals surface area contributed by atoms with Crippen molar-refractivity contribution in [2.75, 3.05) is 10.2 Å². The van der Waals surface area contributed by atoms with E-state index in [9.17, 15) is 4.79 Å². The van der Waals surface area contributed by atoms with E-state index in [1.54, 1.807) is 6.20 Å². The molecular weight excluding hydrogens is 380 g/mol. The molecule has 1 atom stereocenters. The van der Waals surface area contributed by atoms with Gasteiger partial charge in [-0.15, -0.1) is 0 Å². The van der Waals surface area contributed by atoms with Gasteiger partial charge in [0.15, 0.2) is 11.8 Å². The summed E-state index contributed by atoms with van der Waals surface area (Å²) >= 11 is 7.87. The quantitative estimate of drug-likeness (QED) is 0.625. The van der Waals surface area contributed by atoms with E-state index in [1.165, 1.54) is 11.8 Å². The second-order valence-corrected chi connectivity index (χ2v) is 7.60. The molecule has 4 rings (SSSR count). The minimum atomic E-state index is -0.260. The summed E-state index contributed by atoms with van der Waals surface area (Å²) < 4.78 is 0. The van der Waals surface area contributed by atoms with Crippen LogP contribution >= 0.6 is 23.4 Å². The average molecular weight is 397 g/mol. The molecule has 2 aromatic carbocycles. The predicted molar refractivity (Wildman–Crippen MR) is 113 cm³/mol. The highest BCUT2D eigenvalue weighted by Crippen LogP contribution is 2.40. The van der Waals surface area contributed by atoms with Crippen molar-refractivity contribution in [3.63, 3.8) is 0 Å². The molecule has 3 aromatic rings. The highest BCUT2D eigenvalue weighted by molar-refractivity contribution is 8.04. The highest BCUT2D eigenvalue weighted by atomic mass is 35.5. The van der Waals surface area contributed by atoms with Gasteiger partial charge in [-0.2, -0.15) is 0 Å². The molecule has 1 aliphatic heterocycles. The van der Waals surface area contributed by atoms with Gasteiger partial charge in [0.25, 0.3) is 0 Å². The number of rotatable bonds is 5. The molecule has 0 radical (unpaired) electrons. The number of allylic oxidation sites excluding steroid dienone is 1. The number of anilines is 2. The van der Waals surface area contributed by atoms with Crippen molar-refractivity contribution >= 4 is 51.9 Å². The Balaban J connectivity index is 1.69. The lowest BCUT2D eigenvalue weighted by Crippen LogP contribution is -2.33. The topological polar surface area (TPSA) is 71.2 Å². The number of benzene rings is 2. The maximum absolute atomic E-state index is 11.4. The maximum atomic E-state index is 11.4. The lowest BCUT2D eigenvalue weighted by molar-refractivity contribution is -0.104. The van der Waals surface area contributed by atoms with Gasteiger partial charge in [0.05, 0.1) is 15.6 Å². The van der Waals surface area contributed by atoms with Crippen LogP contribution in [0.5, 0.6) is 0 Å². The number of pyridine rings is 1. The first-order chi connectivity index (χ1) is 13.2. The second-order valence-electron chi connectivity index (χ2n) is 6.04. The van der Waals surface area contributed by atoms with Gasteiger partial charge >= 0.3 is 0 Å². The van der Waals surface area contributed by atoms with Crippen molar-refractivity contribution in [2.45, 2.75) is 12.0 Å². The van der Waals surface area contributed by atoms with Gasteiger partial charge in [-0.25, -0.2) is 4.98 Å². The number of halogens is 1. The number of nitrogens with zero attached hydrogens (tertiary/aromatic N) is 2. The number of aldehydes is 1. The summed E-state index contributed by atoms with van der Waals surface area (Å²) in [5.74, 6) is 0.720. The van der Waals surface area contributed by atoms with Crippen molar-refractivity contribution in [2.24, 2.45) is 5.73 Å². The van der Waals surface area contributed by atoms with Gasteiger partial charge in [-0.1, -0.05) is 59.8 Å². The fraction of sp³-hybridized carbons (Fsp3) is 0.100. The molecule has 5 nitrogen and oxygen atoms in total. The van der Waals surface area contributed by atoms with Crippen LogP contribution in [0.15, 0.2) is 65.8 Å². The number of carbonyl (C=O) groups is 1. The van der Waals surface area contributed by atoms with Gasteiger partial charge in [0.2, 0.25) is 0 Å². The Morgan fingerprint density at radius 1 is 1.22 bits per heavy atom. The molecule has 0 aliphatic carbocycles. The molecule has 0 saturated heterocycles. The summed E-state index contributed by atoms with van der Waals surface area (Å²) in [6, 6.07) is 15.6. The fourth-order valence-corrected chi connectivity index (χ4v) is 4.30. The van der Waals surface area contributed by atoms with Crippen LogP contribution < -0.4 is 16.0 Å². The standard InChI is InChI=1S/C20H17ClN4OS/c21-17-7-3-6-14(9-22)19(17)25-11-16(12-26)27-20(25)24-18-8-13-4-1-2-5-15(13)10-23-18/h1-8,10-12,20H,9,22H2,(H,23,24). The number of fused-ring (bicyclic) bond motifs is 1. The molecule has 27 heavy (non-hydrogen) atoms. The van der Waals surface area contributed by atoms with Gasteiger partial charge in [0.1, 0.15) is 5.82 Å². The van der Waals surface area contributed by atoms with Gasteiger partial charge < -0.3 is 16.0 Å². The van der Waals surface area contributed by atoms with Gasteiger partial charge in [0, 0.05) is 24.3 Å². The normalized spacial score (nSPS) is 16.4. The van der Waals surface area contributed by atoms with E-state index in [-0.39, 0.29) is 5.50 Å². The molecule has 2 heterocycles. The minimum absolute atomic E-state index is 0.260. The molecule has 3 N–H and O–H groups in total. The zero-order valence-electron chi connectivity index (χ0n) is 14.3. The Labute approximate surface area is 166 Å². The Morgan fingerprint density at radius 2 is 2.04 bits per heavy atom. The zero-order valence-corrected chi connectivity index (χ0v) is 15.9. The van der Waals surface area contributed by atoms with E-state index in [4.69, 9.17) is 17.3 Å². The Hall–Kier alpha value is -2.54. The number of hydrogen-bond donors (Lipinski definition) is 2. The monoisotopic (exact) mass is 396 g/mol. The molecule has 0 saturated carbocycles. The van der Waals surface area contributed by atoms with Crippen molar-refractivity contribution in [1.82, 2.24) is 4.98 Å². The summed E-state index contributed by atoms with van der Waals surface area (Å²) in [7, 11) is 0. The molecule has 1 unspecified atom stereocenters. The summed E-state index contributed by atoms with van der Waals surface area (Å²) in [6.45, 7) is 0.349. The molecule has 0 amide bonds. The molecule has 1 aromatic heterocycles. The van der Waals surface area contributed by atoms with Gasteiger partial charge in [-0.05, 0) is 23.1 Å². The van der Waals surface area contributed by atoms with Crippen LogP contribution in [0.1, 0.15) is 5.56 Å². The molecule has 0 bridgehead atoms. The first kappa shape index (κ1) is 17.9. The molecule has 0 fully saturated rings. The number of hydrogen-bond acceptors (Lipinski definition) is 6. The lowest BCUT2D eigenvalue weighted by atomic mass is 10.1. The SMILES string of the molecule is NCc1cccc(Cl)c1N1C=C(C=O)SC1Nc1cc2ccccc2cn1. The highest BCUT2D eigenvalue weighted by Gasteiger charge is 2.29. The van der Waals surface area contributed by atoms with E-state index in [2.05, 4.69) is 10.3 Å². The van der Waals surface area contributed by atoms with Crippen LogP contribution in [0.2, 0.25) is 5.02 Å². The van der Waals surface area contributed by atoms with Crippen LogP contribution in [0.4, 0.5) is 11.5 Å². The lowest BCUT2D eigenvalue weighted by Gasteiger charge is -2.28. The largest absolute Gasteiger partial charge is 0.341 e. The van der Waals surface area contributed by atoms with Crippen LogP contribution in [0, 0.1) is 0 Å². The molecule has 136 valence electrons. The van der Waals surface area contributed by atoms with Gasteiger partial charge in [-0.3, -0.25) is 4.79 Å². The van der Waals surface area contributed by atoms with Crippen LogP contribution in [-0.2, 0) is 11.3 Å². The van der Waals surface area contributed by atoms with Crippen molar-refractivity contribution in [1.29, 1.82) is 0 Å².